The summed E-state index contributed by atoms with van der Waals surface area (Å²) in [6.45, 7) is 0. The molecule has 242 valence electrons. The van der Waals surface area contributed by atoms with E-state index in [9.17, 15) is 0 Å². The third kappa shape index (κ3) is 5.08. The van der Waals surface area contributed by atoms with Crippen molar-refractivity contribution in [1.29, 1.82) is 0 Å². The van der Waals surface area contributed by atoms with E-state index >= 15 is 0 Å². The second-order valence-electron chi connectivity index (χ2n) is 13.6. The van der Waals surface area contributed by atoms with Crippen molar-refractivity contribution in [3.05, 3.63) is 206 Å². The first-order valence-electron chi connectivity index (χ1n) is 18.0. The summed E-state index contributed by atoms with van der Waals surface area (Å²) in [4.78, 5) is 0. The van der Waals surface area contributed by atoms with Crippen LogP contribution in [-0.4, -0.2) is 0 Å². The summed E-state index contributed by atoms with van der Waals surface area (Å²) in [7, 11) is 0. The van der Waals surface area contributed by atoms with Crippen LogP contribution in [0.15, 0.2) is 206 Å². The average molecular weight is 659 g/mol. The smallest absolute Gasteiger partial charge is 0.00199 e. The molecule has 0 saturated heterocycles. The highest BCUT2D eigenvalue weighted by Gasteiger charge is 2.20. The Hall–Kier alpha value is -6.76. The van der Waals surface area contributed by atoms with E-state index < -0.39 is 0 Å². The molecule has 0 spiro atoms. The molecule has 0 saturated carbocycles. The molecule has 0 bridgehead atoms. The van der Waals surface area contributed by atoms with Crippen molar-refractivity contribution in [1.82, 2.24) is 0 Å². The molecule has 52 heavy (non-hydrogen) atoms. The zero-order valence-corrected chi connectivity index (χ0v) is 28.6. The zero-order chi connectivity index (χ0) is 34.4. The Morgan fingerprint density at radius 1 is 0.192 bits per heavy atom. The van der Waals surface area contributed by atoms with Crippen LogP contribution >= 0.6 is 0 Å². The summed E-state index contributed by atoms with van der Waals surface area (Å²) in [5.74, 6) is 0. The average Bonchev–Trinajstić information content (AvgIpc) is 3.22. The Balaban J connectivity index is 1.21. The summed E-state index contributed by atoms with van der Waals surface area (Å²) in [6, 6.07) is 75.6. The number of hydrogen-bond acceptors (Lipinski definition) is 0. The summed E-state index contributed by atoms with van der Waals surface area (Å²) < 4.78 is 0. The van der Waals surface area contributed by atoms with Crippen LogP contribution in [0.3, 0.4) is 0 Å². The summed E-state index contributed by atoms with van der Waals surface area (Å²) in [6.07, 6.45) is 0. The lowest BCUT2D eigenvalue weighted by molar-refractivity contribution is 1.59. The second kappa shape index (κ2) is 12.5. The van der Waals surface area contributed by atoms with Gasteiger partial charge < -0.3 is 0 Å². The fraction of sp³-hybridized carbons (Fsp3) is 0. The van der Waals surface area contributed by atoms with Gasteiger partial charge >= 0.3 is 0 Å². The van der Waals surface area contributed by atoms with Crippen molar-refractivity contribution in [3.63, 3.8) is 0 Å². The Kier molecular flexibility index (Phi) is 7.25. The summed E-state index contributed by atoms with van der Waals surface area (Å²) in [5, 5.41) is 10.0. The highest BCUT2D eigenvalue weighted by molar-refractivity contribution is 6.22. The quantitative estimate of drug-likeness (QED) is 0.161. The number of rotatable bonds is 5. The molecule has 0 N–H and O–H groups in total. The lowest BCUT2D eigenvalue weighted by atomic mass is 9.82. The third-order valence-corrected chi connectivity index (χ3v) is 10.6. The van der Waals surface area contributed by atoms with Gasteiger partial charge in [-0.25, -0.2) is 0 Å². The van der Waals surface area contributed by atoms with Crippen molar-refractivity contribution in [2.24, 2.45) is 0 Å². The Labute approximate surface area is 303 Å². The Morgan fingerprint density at radius 3 is 1.31 bits per heavy atom. The molecule has 0 nitrogen and oxygen atoms in total. The van der Waals surface area contributed by atoms with Crippen LogP contribution in [0.2, 0.25) is 0 Å². The molecule has 0 aliphatic carbocycles. The number of benzene rings is 10. The zero-order valence-electron chi connectivity index (χ0n) is 28.6. The topological polar surface area (TPSA) is 0 Å². The molecule has 0 aliphatic heterocycles. The first-order valence-corrected chi connectivity index (χ1v) is 18.0. The molecule has 0 radical (unpaired) electrons. The fourth-order valence-electron chi connectivity index (χ4n) is 8.21. The van der Waals surface area contributed by atoms with Gasteiger partial charge in [0.15, 0.2) is 0 Å². The van der Waals surface area contributed by atoms with Crippen molar-refractivity contribution in [2.75, 3.05) is 0 Å². The van der Waals surface area contributed by atoms with Crippen LogP contribution in [-0.2, 0) is 0 Å². The molecule has 10 aromatic carbocycles. The van der Waals surface area contributed by atoms with Crippen molar-refractivity contribution >= 4 is 43.1 Å². The highest BCUT2D eigenvalue weighted by atomic mass is 14.2. The molecular weight excluding hydrogens is 625 g/mol. The predicted molar refractivity (Wildman–Crippen MR) is 224 cm³/mol. The fourth-order valence-corrected chi connectivity index (χ4v) is 8.21. The molecule has 0 unspecified atom stereocenters. The number of fused-ring (bicyclic) bond motifs is 4. The molecular formula is C52H34. The lowest BCUT2D eigenvalue weighted by Crippen LogP contribution is -1.93. The maximum Gasteiger partial charge on any atom is -0.00199 e. The van der Waals surface area contributed by atoms with Gasteiger partial charge in [0.2, 0.25) is 0 Å². The van der Waals surface area contributed by atoms with Gasteiger partial charge in [-0.05, 0) is 117 Å². The molecule has 0 heterocycles. The predicted octanol–water partition coefficient (Wildman–Crippen LogP) is 14.6. The Morgan fingerprint density at radius 2 is 0.673 bits per heavy atom. The van der Waals surface area contributed by atoms with Gasteiger partial charge in [-0.15, -0.1) is 0 Å². The van der Waals surface area contributed by atoms with Crippen LogP contribution in [0.25, 0.3) is 98.7 Å². The van der Waals surface area contributed by atoms with Crippen LogP contribution in [0.4, 0.5) is 0 Å². The van der Waals surface area contributed by atoms with E-state index in [1.807, 2.05) is 0 Å². The molecule has 0 fully saturated rings. The van der Waals surface area contributed by atoms with E-state index in [0.717, 1.165) is 0 Å². The monoisotopic (exact) mass is 658 g/mol. The van der Waals surface area contributed by atoms with E-state index in [4.69, 9.17) is 0 Å². The third-order valence-electron chi connectivity index (χ3n) is 10.6. The maximum absolute atomic E-state index is 2.41. The van der Waals surface area contributed by atoms with Crippen molar-refractivity contribution < 1.29 is 0 Å². The minimum Gasteiger partial charge on any atom is -0.0622 e. The normalized spacial score (nSPS) is 11.5. The van der Waals surface area contributed by atoms with Gasteiger partial charge in [-0.2, -0.15) is 0 Å². The minimum atomic E-state index is 1.21. The van der Waals surface area contributed by atoms with Crippen LogP contribution in [0.1, 0.15) is 0 Å². The van der Waals surface area contributed by atoms with Crippen LogP contribution in [0.5, 0.6) is 0 Å². The van der Waals surface area contributed by atoms with Crippen LogP contribution < -0.4 is 0 Å². The van der Waals surface area contributed by atoms with Gasteiger partial charge in [-0.1, -0.05) is 188 Å². The van der Waals surface area contributed by atoms with Gasteiger partial charge in [-0.3, -0.25) is 0 Å². The molecule has 0 heteroatoms. The first kappa shape index (κ1) is 30.1. The summed E-state index contributed by atoms with van der Waals surface area (Å²) >= 11 is 0. The van der Waals surface area contributed by atoms with Gasteiger partial charge in [0, 0.05) is 0 Å². The highest BCUT2D eigenvalue weighted by Crippen LogP contribution is 2.47. The second-order valence-corrected chi connectivity index (χ2v) is 13.6. The van der Waals surface area contributed by atoms with Crippen molar-refractivity contribution in [2.45, 2.75) is 0 Å². The van der Waals surface area contributed by atoms with E-state index in [2.05, 4.69) is 206 Å². The standard InChI is InChI=1S/C52H34/c1-3-14-35(15-4-1)40-30-31-45(42-29-27-38-32-41(28-26-39(38)33-42)44-25-13-19-36-16-7-8-20-43(36)44)50(34-40)52-48-23-11-9-21-46(48)51(37-17-5-2-6-18-37)47-22-10-12-24-49(47)52/h1-34H. The molecule has 0 aliphatic rings. The minimum absolute atomic E-state index is 1.21. The van der Waals surface area contributed by atoms with E-state index in [1.165, 1.54) is 98.7 Å². The molecule has 0 atom stereocenters. The summed E-state index contributed by atoms with van der Waals surface area (Å²) in [5.41, 5.74) is 12.4. The van der Waals surface area contributed by atoms with Crippen LogP contribution in [0, 0.1) is 0 Å². The number of hydrogen-bond donors (Lipinski definition) is 0. The molecule has 10 aromatic rings. The molecule has 0 aromatic heterocycles. The molecule has 0 amide bonds. The van der Waals surface area contributed by atoms with E-state index in [-0.39, 0.29) is 0 Å². The SMILES string of the molecule is c1ccc(-c2ccc(-c3ccc4cc(-c5cccc6ccccc56)ccc4c3)c(-c3c4ccccc4c(-c4ccccc4)c4ccccc34)c2)cc1. The van der Waals surface area contributed by atoms with Gasteiger partial charge in [0.05, 0.1) is 0 Å². The van der Waals surface area contributed by atoms with Crippen molar-refractivity contribution in [3.8, 4) is 55.6 Å². The largest absolute Gasteiger partial charge is 0.0622 e. The van der Waals surface area contributed by atoms with Gasteiger partial charge in [0.25, 0.3) is 0 Å². The molecule has 10 rings (SSSR count). The van der Waals surface area contributed by atoms with E-state index in [1.54, 1.807) is 0 Å². The Bertz CT molecular complexity index is 2870. The first-order chi connectivity index (χ1) is 25.8. The van der Waals surface area contributed by atoms with Gasteiger partial charge in [0.1, 0.15) is 0 Å². The lowest BCUT2D eigenvalue weighted by Gasteiger charge is -2.21. The maximum atomic E-state index is 2.41. The van der Waals surface area contributed by atoms with E-state index in [0.29, 0.717) is 0 Å².